The zero-order chi connectivity index (χ0) is 17.7. The summed E-state index contributed by atoms with van der Waals surface area (Å²) in [5.74, 6) is 0. The lowest BCUT2D eigenvalue weighted by atomic mass is 9.73. The Balaban J connectivity index is 2.57. The second-order valence-corrected chi connectivity index (χ2v) is 7.15. The largest absolute Gasteiger partial charge is 0.377 e. The first kappa shape index (κ1) is 17.6. The molecule has 24 heavy (non-hydrogen) atoms. The van der Waals surface area contributed by atoms with Gasteiger partial charge in [0, 0.05) is 19.8 Å². The van der Waals surface area contributed by atoms with Gasteiger partial charge in [-0.25, -0.2) is 0 Å². The Labute approximate surface area is 144 Å². The van der Waals surface area contributed by atoms with Gasteiger partial charge in [0.15, 0.2) is 0 Å². The molecule has 1 aliphatic rings. The Morgan fingerprint density at radius 2 is 1.71 bits per heavy atom. The van der Waals surface area contributed by atoms with Gasteiger partial charge < -0.3 is 4.90 Å². The molecular formula is C21H23N3. The van der Waals surface area contributed by atoms with Crippen LogP contribution in [0.1, 0.15) is 32.3 Å². The van der Waals surface area contributed by atoms with Crippen molar-refractivity contribution in [3.05, 3.63) is 64.4 Å². The van der Waals surface area contributed by atoms with Gasteiger partial charge in [-0.15, -0.1) is 0 Å². The summed E-state index contributed by atoms with van der Waals surface area (Å²) in [6.45, 7) is 4.37. The number of nitriles is 2. The highest BCUT2D eigenvalue weighted by Crippen LogP contribution is 2.41. The number of benzene rings is 1. The third-order valence-corrected chi connectivity index (χ3v) is 4.14. The summed E-state index contributed by atoms with van der Waals surface area (Å²) < 4.78 is 0. The lowest BCUT2D eigenvalue weighted by Gasteiger charge is -2.34. The number of hydrogen-bond acceptors (Lipinski definition) is 3. The molecule has 0 saturated heterocycles. The van der Waals surface area contributed by atoms with Gasteiger partial charge in [-0.05, 0) is 41.0 Å². The Bertz CT molecular complexity index is 763. The maximum atomic E-state index is 9.23. The Morgan fingerprint density at radius 3 is 2.25 bits per heavy atom. The zero-order valence-electron chi connectivity index (χ0n) is 14.8. The van der Waals surface area contributed by atoms with Crippen molar-refractivity contribution in [2.24, 2.45) is 5.41 Å². The molecule has 1 aromatic carbocycles. The van der Waals surface area contributed by atoms with Crippen LogP contribution in [0.5, 0.6) is 0 Å². The first-order chi connectivity index (χ1) is 11.4. The van der Waals surface area contributed by atoms with Gasteiger partial charge in [-0.3, -0.25) is 0 Å². The SMILES string of the molecule is CN(C)C(=Cc1ccccc1)C1=CC(=C(C#N)C#N)CC(C)(C)C1. The fourth-order valence-electron chi connectivity index (χ4n) is 3.12. The smallest absolute Gasteiger partial charge is 0.132 e. The summed E-state index contributed by atoms with van der Waals surface area (Å²) in [7, 11) is 4.05. The van der Waals surface area contributed by atoms with E-state index in [0.29, 0.717) is 0 Å². The normalized spacial score (nSPS) is 16.7. The van der Waals surface area contributed by atoms with Crippen molar-refractivity contribution in [2.75, 3.05) is 14.1 Å². The molecule has 0 bridgehead atoms. The fourth-order valence-corrected chi connectivity index (χ4v) is 3.12. The van der Waals surface area contributed by atoms with Gasteiger partial charge in [0.05, 0.1) is 0 Å². The molecule has 0 aliphatic heterocycles. The van der Waals surface area contributed by atoms with Crippen molar-refractivity contribution in [3.63, 3.8) is 0 Å². The van der Waals surface area contributed by atoms with E-state index in [1.54, 1.807) is 0 Å². The third-order valence-electron chi connectivity index (χ3n) is 4.14. The molecule has 122 valence electrons. The van der Waals surface area contributed by atoms with Gasteiger partial charge in [0.1, 0.15) is 17.7 Å². The maximum Gasteiger partial charge on any atom is 0.132 e. The van der Waals surface area contributed by atoms with Crippen molar-refractivity contribution in [3.8, 4) is 12.1 Å². The summed E-state index contributed by atoms with van der Waals surface area (Å²) in [5, 5.41) is 18.5. The van der Waals surface area contributed by atoms with E-state index in [9.17, 15) is 10.5 Å². The minimum atomic E-state index is 0.0180. The van der Waals surface area contributed by atoms with Crippen LogP contribution in [0.25, 0.3) is 6.08 Å². The van der Waals surface area contributed by atoms with E-state index in [0.717, 1.165) is 35.2 Å². The summed E-state index contributed by atoms with van der Waals surface area (Å²) in [5.41, 5.74) is 4.49. The summed E-state index contributed by atoms with van der Waals surface area (Å²) in [4.78, 5) is 2.09. The van der Waals surface area contributed by atoms with Crippen LogP contribution in [0.3, 0.4) is 0 Å². The highest BCUT2D eigenvalue weighted by atomic mass is 15.1. The molecule has 3 heteroatoms. The zero-order valence-corrected chi connectivity index (χ0v) is 14.8. The van der Waals surface area contributed by atoms with E-state index in [-0.39, 0.29) is 11.0 Å². The van der Waals surface area contributed by atoms with Crippen molar-refractivity contribution >= 4 is 6.08 Å². The molecule has 3 nitrogen and oxygen atoms in total. The number of likely N-dealkylation sites (N-methyl/N-ethyl adjacent to an activating group) is 1. The summed E-state index contributed by atoms with van der Waals surface area (Å²) in [6, 6.07) is 14.3. The number of hydrogen-bond donors (Lipinski definition) is 0. The third kappa shape index (κ3) is 4.15. The first-order valence-electron chi connectivity index (χ1n) is 8.04. The average Bonchev–Trinajstić information content (AvgIpc) is 2.53. The van der Waals surface area contributed by atoms with Crippen LogP contribution in [0.2, 0.25) is 0 Å². The van der Waals surface area contributed by atoms with Crippen molar-refractivity contribution in [1.82, 2.24) is 4.90 Å². The topological polar surface area (TPSA) is 50.8 Å². The molecule has 0 aromatic heterocycles. The lowest BCUT2D eigenvalue weighted by Crippen LogP contribution is -2.23. The minimum absolute atomic E-state index is 0.0180. The van der Waals surface area contributed by atoms with Crippen LogP contribution in [-0.4, -0.2) is 19.0 Å². The Morgan fingerprint density at radius 1 is 1.08 bits per heavy atom. The van der Waals surface area contributed by atoms with E-state index in [1.807, 2.05) is 50.5 Å². The van der Waals surface area contributed by atoms with Gasteiger partial charge in [-0.2, -0.15) is 10.5 Å². The quantitative estimate of drug-likeness (QED) is 0.761. The van der Waals surface area contributed by atoms with Crippen molar-refractivity contribution < 1.29 is 0 Å². The molecular weight excluding hydrogens is 294 g/mol. The number of rotatable bonds is 3. The summed E-state index contributed by atoms with van der Waals surface area (Å²) >= 11 is 0. The molecule has 0 N–H and O–H groups in total. The summed E-state index contributed by atoms with van der Waals surface area (Å²) in [6.07, 6.45) is 5.85. The minimum Gasteiger partial charge on any atom is -0.377 e. The van der Waals surface area contributed by atoms with E-state index in [4.69, 9.17) is 0 Å². The molecule has 0 unspecified atom stereocenters. The number of nitrogens with zero attached hydrogens (tertiary/aromatic N) is 3. The predicted molar refractivity (Wildman–Crippen MR) is 97.5 cm³/mol. The van der Waals surface area contributed by atoms with Crippen LogP contribution in [0, 0.1) is 28.1 Å². The second-order valence-electron chi connectivity index (χ2n) is 7.15. The van der Waals surface area contributed by atoms with Gasteiger partial charge in [0.2, 0.25) is 0 Å². The highest BCUT2D eigenvalue weighted by Gasteiger charge is 2.29. The fraction of sp³-hybridized carbons (Fsp3) is 0.333. The predicted octanol–water partition coefficient (Wildman–Crippen LogP) is 4.68. The lowest BCUT2D eigenvalue weighted by molar-refractivity contribution is 0.345. The van der Waals surface area contributed by atoms with Crippen molar-refractivity contribution in [2.45, 2.75) is 26.7 Å². The van der Waals surface area contributed by atoms with E-state index >= 15 is 0 Å². The standard InChI is InChI=1S/C21H23N3/c1-21(2)12-17(19(14-22)15-23)11-18(13-21)20(24(3)4)10-16-8-6-5-7-9-16/h5-11H,12-13H2,1-4H3. The molecule has 2 rings (SSSR count). The molecule has 0 heterocycles. The molecule has 1 aliphatic carbocycles. The van der Waals surface area contributed by atoms with Crippen LogP contribution in [0.4, 0.5) is 0 Å². The molecule has 0 amide bonds. The Kier molecular flexibility index (Phi) is 5.27. The highest BCUT2D eigenvalue weighted by molar-refractivity contribution is 5.60. The van der Waals surface area contributed by atoms with E-state index in [1.165, 1.54) is 0 Å². The molecule has 0 spiro atoms. The maximum absolute atomic E-state index is 9.23. The van der Waals surface area contributed by atoms with Crippen molar-refractivity contribution in [1.29, 1.82) is 10.5 Å². The van der Waals surface area contributed by atoms with E-state index < -0.39 is 0 Å². The Hall–Kier alpha value is -2.78. The average molecular weight is 317 g/mol. The van der Waals surface area contributed by atoms with Crippen LogP contribution in [-0.2, 0) is 0 Å². The molecule has 1 aromatic rings. The monoisotopic (exact) mass is 317 g/mol. The first-order valence-corrected chi connectivity index (χ1v) is 8.04. The molecule has 0 radical (unpaired) electrons. The molecule has 0 atom stereocenters. The van der Waals surface area contributed by atoms with Crippen LogP contribution < -0.4 is 0 Å². The van der Waals surface area contributed by atoms with Crippen LogP contribution >= 0.6 is 0 Å². The number of allylic oxidation sites excluding steroid dienone is 4. The molecule has 0 saturated carbocycles. The van der Waals surface area contributed by atoms with Gasteiger partial charge in [0.25, 0.3) is 0 Å². The van der Waals surface area contributed by atoms with Crippen LogP contribution in [0.15, 0.2) is 58.8 Å². The molecule has 0 fully saturated rings. The second kappa shape index (κ2) is 7.20. The van der Waals surface area contributed by atoms with Gasteiger partial charge in [-0.1, -0.05) is 50.3 Å². The van der Waals surface area contributed by atoms with Gasteiger partial charge >= 0.3 is 0 Å². The van der Waals surface area contributed by atoms with E-state index in [2.05, 4.69) is 37.0 Å².